The van der Waals surface area contributed by atoms with Gasteiger partial charge in [-0.15, -0.1) is 5.73 Å². The van der Waals surface area contributed by atoms with Gasteiger partial charge in [-0.3, -0.25) is 9.59 Å². The Balaban J connectivity index is 3.13. The summed E-state index contributed by atoms with van der Waals surface area (Å²) < 4.78 is 5.22. The van der Waals surface area contributed by atoms with Crippen LogP contribution in [0.2, 0.25) is 0 Å². The van der Waals surface area contributed by atoms with Crippen LogP contribution in [0.15, 0.2) is 17.4 Å². The molecule has 0 aromatic carbocycles. The van der Waals surface area contributed by atoms with Crippen LogP contribution in [0.3, 0.4) is 0 Å². The lowest BCUT2D eigenvalue weighted by molar-refractivity contribution is -0.152. The van der Waals surface area contributed by atoms with Crippen LogP contribution in [-0.2, 0) is 14.3 Å². The van der Waals surface area contributed by atoms with Crippen molar-refractivity contribution < 1.29 is 19.4 Å². The van der Waals surface area contributed by atoms with Crippen molar-refractivity contribution >= 4 is 11.8 Å². The Bertz CT molecular complexity index is 431. The smallest absolute Gasteiger partial charge is 0.302 e. The van der Waals surface area contributed by atoms with Crippen molar-refractivity contribution in [1.29, 1.82) is 0 Å². The van der Waals surface area contributed by atoms with E-state index in [4.69, 9.17) is 4.74 Å². The Morgan fingerprint density at radius 1 is 1.32 bits per heavy atom. The number of hydrogen-bond donors (Lipinski definition) is 1. The molecular weight excluding hydrogens is 244 g/mol. The molecule has 0 bridgehead atoms. The van der Waals surface area contributed by atoms with Gasteiger partial charge in [-0.25, -0.2) is 0 Å². The Morgan fingerprint density at radius 3 is 2.32 bits per heavy atom. The van der Waals surface area contributed by atoms with E-state index in [-0.39, 0.29) is 23.3 Å². The second-order valence-electron chi connectivity index (χ2n) is 6.07. The first kappa shape index (κ1) is 15.7. The van der Waals surface area contributed by atoms with Crippen LogP contribution >= 0.6 is 0 Å². The monoisotopic (exact) mass is 266 g/mol. The highest BCUT2D eigenvalue weighted by atomic mass is 16.5. The summed E-state index contributed by atoms with van der Waals surface area (Å²) in [6, 6.07) is 0. The fourth-order valence-corrected chi connectivity index (χ4v) is 2.86. The summed E-state index contributed by atoms with van der Waals surface area (Å²) in [5.41, 5.74) is 2.09. The molecule has 0 radical (unpaired) electrons. The molecule has 0 spiro atoms. The van der Waals surface area contributed by atoms with Gasteiger partial charge in [-0.05, 0) is 25.7 Å². The van der Waals surface area contributed by atoms with Crippen LogP contribution in [0.1, 0.15) is 47.5 Å². The van der Waals surface area contributed by atoms with Crippen LogP contribution in [0, 0.1) is 5.41 Å². The van der Waals surface area contributed by atoms with Gasteiger partial charge in [0.05, 0.1) is 5.60 Å². The maximum atomic E-state index is 11.1. The molecule has 0 amide bonds. The average molecular weight is 266 g/mol. The summed E-state index contributed by atoms with van der Waals surface area (Å²) in [6.45, 7) is 8.38. The molecule has 2 atom stereocenters. The highest BCUT2D eigenvalue weighted by Crippen LogP contribution is 2.46. The molecule has 0 aliphatic heterocycles. The maximum absolute atomic E-state index is 11.1. The van der Waals surface area contributed by atoms with Crippen LogP contribution in [0.5, 0.6) is 0 Å². The third-order valence-electron chi connectivity index (χ3n) is 3.33. The number of esters is 1. The Hall–Kier alpha value is -1.38. The zero-order chi connectivity index (χ0) is 14.8. The van der Waals surface area contributed by atoms with Gasteiger partial charge in [0.2, 0.25) is 0 Å². The fourth-order valence-electron chi connectivity index (χ4n) is 2.86. The predicted octanol–water partition coefficient (Wildman–Crippen LogP) is 2.16. The largest absolute Gasteiger partial charge is 0.462 e. The van der Waals surface area contributed by atoms with Crippen molar-refractivity contribution in [2.24, 2.45) is 5.41 Å². The third kappa shape index (κ3) is 4.05. The third-order valence-corrected chi connectivity index (χ3v) is 3.33. The van der Waals surface area contributed by atoms with Crippen molar-refractivity contribution in [2.75, 3.05) is 0 Å². The van der Waals surface area contributed by atoms with E-state index in [0.29, 0.717) is 18.4 Å². The van der Waals surface area contributed by atoms with Crippen LogP contribution in [-0.4, -0.2) is 28.6 Å². The highest BCUT2D eigenvalue weighted by molar-refractivity contribution is 5.87. The van der Waals surface area contributed by atoms with E-state index in [1.807, 2.05) is 13.8 Å². The Labute approximate surface area is 114 Å². The van der Waals surface area contributed by atoms with Gasteiger partial charge in [-0.1, -0.05) is 13.8 Å². The average Bonchev–Trinajstić information content (AvgIpc) is 2.10. The first-order valence-electron chi connectivity index (χ1n) is 6.42. The van der Waals surface area contributed by atoms with Crippen molar-refractivity contribution in [2.45, 2.75) is 59.2 Å². The van der Waals surface area contributed by atoms with E-state index in [9.17, 15) is 14.7 Å². The second-order valence-corrected chi connectivity index (χ2v) is 6.07. The molecule has 0 saturated heterocycles. The van der Waals surface area contributed by atoms with E-state index >= 15 is 0 Å². The van der Waals surface area contributed by atoms with Gasteiger partial charge >= 0.3 is 5.97 Å². The molecule has 0 aromatic rings. The summed E-state index contributed by atoms with van der Waals surface area (Å²) >= 11 is 0. The number of carbonyl (C=O) groups excluding carboxylic acids is 2. The first-order chi connectivity index (χ1) is 8.54. The molecule has 106 valence electrons. The SMILES string of the molecule is CC(=O)C=C=C1C(C)(C)C[C@H](OC(C)=O)C[C@@]1(C)O. The number of ether oxygens (including phenoxy) is 1. The number of hydrogen-bond acceptors (Lipinski definition) is 4. The van der Waals surface area contributed by atoms with E-state index in [2.05, 4.69) is 5.73 Å². The molecular formula is C15H22O4. The van der Waals surface area contributed by atoms with Gasteiger partial charge in [-0.2, -0.15) is 0 Å². The molecule has 1 saturated carbocycles. The predicted molar refractivity (Wildman–Crippen MR) is 71.5 cm³/mol. The molecule has 4 heteroatoms. The normalized spacial score (nSPS) is 29.4. The molecule has 1 aliphatic carbocycles. The molecule has 1 aliphatic rings. The van der Waals surface area contributed by atoms with Gasteiger partial charge in [0.25, 0.3) is 0 Å². The molecule has 19 heavy (non-hydrogen) atoms. The number of ketones is 1. The minimum atomic E-state index is -1.13. The van der Waals surface area contributed by atoms with Crippen molar-refractivity contribution in [3.05, 3.63) is 17.4 Å². The van der Waals surface area contributed by atoms with E-state index in [1.165, 1.54) is 19.9 Å². The van der Waals surface area contributed by atoms with Crippen molar-refractivity contribution in [3.8, 4) is 0 Å². The molecule has 0 unspecified atom stereocenters. The minimum absolute atomic E-state index is 0.110. The molecule has 1 fully saturated rings. The minimum Gasteiger partial charge on any atom is -0.462 e. The van der Waals surface area contributed by atoms with E-state index < -0.39 is 5.60 Å². The number of carbonyl (C=O) groups is 2. The lowest BCUT2D eigenvalue weighted by Crippen LogP contribution is -2.46. The Morgan fingerprint density at radius 2 is 1.89 bits per heavy atom. The molecule has 4 nitrogen and oxygen atoms in total. The highest BCUT2D eigenvalue weighted by Gasteiger charge is 2.46. The van der Waals surface area contributed by atoms with Gasteiger partial charge < -0.3 is 9.84 Å². The topological polar surface area (TPSA) is 63.6 Å². The van der Waals surface area contributed by atoms with Gasteiger partial charge in [0, 0.05) is 25.0 Å². The quantitative estimate of drug-likeness (QED) is 0.472. The fraction of sp³-hybridized carbons (Fsp3) is 0.667. The summed E-state index contributed by atoms with van der Waals surface area (Å²) in [5.74, 6) is -0.454. The standard InChI is InChI=1S/C15H22O4/c1-10(16)6-7-13-14(3,4)8-12(19-11(2)17)9-15(13,5)18/h6,12,18H,8-9H2,1-5H3/t7?,12-,15+/m0/s1. The molecule has 1 N–H and O–H groups in total. The summed E-state index contributed by atoms with van der Waals surface area (Å²) in [6.07, 6.45) is 1.96. The lowest BCUT2D eigenvalue weighted by atomic mass is 9.65. The van der Waals surface area contributed by atoms with Crippen molar-refractivity contribution in [1.82, 2.24) is 0 Å². The van der Waals surface area contributed by atoms with Crippen LogP contribution in [0.4, 0.5) is 0 Å². The summed E-state index contributed by atoms with van der Waals surface area (Å²) in [5, 5.41) is 10.5. The summed E-state index contributed by atoms with van der Waals surface area (Å²) in [4.78, 5) is 22.1. The number of aliphatic hydroxyl groups is 1. The maximum Gasteiger partial charge on any atom is 0.302 e. The van der Waals surface area contributed by atoms with Crippen LogP contribution < -0.4 is 0 Å². The Kier molecular flexibility index (Phi) is 4.39. The zero-order valence-electron chi connectivity index (χ0n) is 12.2. The van der Waals surface area contributed by atoms with E-state index in [1.54, 1.807) is 6.92 Å². The lowest BCUT2D eigenvalue weighted by Gasteiger charge is -2.44. The van der Waals surface area contributed by atoms with Crippen molar-refractivity contribution in [3.63, 3.8) is 0 Å². The summed E-state index contributed by atoms with van der Waals surface area (Å²) in [7, 11) is 0. The second kappa shape index (κ2) is 5.32. The van der Waals surface area contributed by atoms with Gasteiger partial charge in [0.15, 0.2) is 5.78 Å². The van der Waals surface area contributed by atoms with Crippen LogP contribution in [0.25, 0.3) is 0 Å². The molecule has 1 rings (SSSR count). The molecule has 0 heterocycles. The molecule has 0 aromatic heterocycles. The first-order valence-corrected chi connectivity index (χ1v) is 6.42. The van der Waals surface area contributed by atoms with Gasteiger partial charge in [0.1, 0.15) is 6.10 Å². The zero-order valence-corrected chi connectivity index (χ0v) is 12.2. The number of rotatable bonds is 2. The van der Waals surface area contributed by atoms with E-state index in [0.717, 1.165) is 0 Å².